The van der Waals surface area contributed by atoms with Crippen molar-refractivity contribution in [2.45, 2.75) is 43.7 Å². The van der Waals surface area contributed by atoms with E-state index in [4.69, 9.17) is 5.73 Å². The SMILES string of the molecule is NC1CCCC(O)(Cc2ccnc3ccccc23)C1. The molecule has 3 N–H and O–H groups in total. The van der Waals surface area contributed by atoms with Crippen LogP contribution in [-0.2, 0) is 6.42 Å². The van der Waals surface area contributed by atoms with Crippen LogP contribution >= 0.6 is 0 Å². The molecule has 3 nitrogen and oxygen atoms in total. The molecule has 0 amide bonds. The van der Waals surface area contributed by atoms with Crippen molar-refractivity contribution in [1.82, 2.24) is 4.98 Å². The van der Waals surface area contributed by atoms with Gasteiger partial charge >= 0.3 is 0 Å². The summed E-state index contributed by atoms with van der Waals surface area (Å²) in [6.45, 7) is 0. The van der Waals surface area contributed by atoms with Gasteiger partial charge in [-0.2, -0.15) is 0 Å². The molecule has 3 rings (SSSR count). The molecular weight excluding hydrogens is 236 g/mol. The lowest BCUT2D eigenvalue weighted by atomic mass is 9.78. The van der Waals surface area contributed by atoms with Crippen LogP contribution in [0, 0.1) is 0 Å². The van der Waals surface area contributed by atoms with Crippen molar-refractivity contribution in [2.24, 2.45) is 5.73 Å². The van der Waals surface area contributed by atoms with Gasteiger partial charge in [-0.3, -0.25) is 4.98 Å². The first kappa shape index (κ1) is 12.6. The van der Waals surface area contributed by atoms with E-state index in [1.165, 1.54) is 5.56 Å². The third-order valence-corrected chi connectivity index (χ3v) is 4.12. The predicted molar refractivity (Wildman–Crippen MR) is 76.8 cm³/mol. The van der Waals surface area contributed by atoms with Crippen LogP contribution in [-0.4, -0.2) is 21.7 Å². The van der Waals surface area contributed by atoms with E-state index in [0.717, 1.165) is 30.2 Å². The highest BCUT2D eigenvalue weighted by molar-refractivity contribution is 5.81. The van der Waals surface area contributed by atoms with Crippen LogP contribution in [0.3, 0.4) is 0 Å². The minimum Gasteiger partial charge on any atom is -0.389 e. The summed E-state index contributed by atoms with van der Waals surface area (Å²) in [6, 6.07) is 10.2. The third-order valence-electron chi connectivity index (χ3n) is 4.12. The van der Waals surface area contributed by atoms with Gasteiger partial charge in [0.2, 0.25) is 0 Å². The third kappa shape index (κ3) is 2.62. The van der Waals surface area contributed by atoms with E-state index in [9.17, 15) is 5.11 Å². The molecule has 1 aromatic heterocycles. The summed E-state index contributed by atoms with van der Waals surface area (Å²) in [6.07, 6.45) is 6.08. The van der Waals surface area contributed by atoms with E-state index in [1.807, 2.05) is 30.5 Å². The van der Waals surface area contributed by atoms with Gasteiger partial charge in [0.15, 0.2) is 0 Å². The Kier molecular flexibility index (Phi) is 3.25. The number of aliphatic hydroxyl groups is 1. The Morgan fingerprint density at radius 1 is 1.32 bits per heavy atom. The fourth-order valence-electron chi connectivity index (χ4n) is 3.21. The van der Waals surface area contributed by atoms with Gasteiger partial charge in [-0.25, -0.2) is 0 Å². The Bertz CT molecular complexity index is 578. The Hall–Kier alpha value is -1.45. The highest BCUT2D eigenvalue weighted by Crippen LogP contribution is 2.32. The Morgan fingerprint density at radius 3 is 3.00 bits per heavy atom. The maximum absolute atomic E-state index is 10.8. The van der Waals surface area contributed by atoms with Crippen molar-refractivity contribution in [3.63, 3.8) is 0 Å². The lowest BCUT2D eigenvalue weighted by Gasteiger charge is -2.35. The first-order valence-corrected chi connectivity index (χ1v) is 6.97. The van der Waals surface area contributed by atoms with E-state index < -0.39 is 5.60 Å². The molecule has 0 spiro atoms. The normalized spacial score (nSPS) is 27.6. The number of nitrogens with zero attached hydrogens (tertiary/aromatic N) is 1. The molecule has 1 fully saturated rings. The number of benzene rings is 1. The standard InChI is InChI=1S/C16H20N2O/c17-13-4-3-8-16(19,11-13)10-12-7-9-18-15-6-2-1-5-14(12)15/h1-2,5-7,9,13,19H,3-4,8,10-11,17H2. The second-order valence-electron chi connectivity index (χ2n) is 5.74. The van der Waals surface area contributed by atoms with Gasteiger partial charge in [0.1, 0.15) is 0 Å². The molecule has 0 aliphatic heterocycles. The first-order valence-electron chi connectivity index (χ1n) is 6.97. The summed E-state index contributed by atoms with van der Waals surface area (Å²) < 4.78 is 0. The van der Waals surface area contributed by atoms with Gasteiger partial charge in [0.25, 0.3) is 0 Å². The highest BCUT2D eigenvalue weighted by Gasteiger charge is 2.33. The number of fused-ring (bicyclic) bond motifs is 1. The first-order chi connectivity index (χ1) is 9.16. The van der Waals surface area contributed by atoms with Gasteiger partial charge in [-0.1, -0.05) is 18.2 Å². The zero-order valence-electron chi connectivity index (χ0n) is 11.0. The summed E-state index contributed by atoms with van der Waals surface area (Å²) >= 11 is 0. The maximum atomic E-state index is 10.8. The number of rotatable bonds is 2. The molecule has 1 aliphatic rings. The fraction of sp³-hybridized carbons (Fsp3) is 0.438. The summed E-state index contributed by atoms with van der Waals surface area (Å²) in [4.78, 5) is 4.37. The van der Waals surface area contributed by atoms with Crippen molar-refractivity contribution in [2.75, 3.05) is 0 Å². The van der Waals surface area contributed by atoms with Gasteiger partial charge in [0, 0.05) is 24.0 Å². The van der Waals surface area contributed by atoms with Crippen LogP contribution in [0.1, 0.15) is 31.2 Å². The number of nitrogens with two attached hydrogens (primary N) is 1. The molecule has 3 heteroatoms. The fourth-order valence-corrected chi connectivity index (χ4v) is 3.21. The number of hydrogen-bond donors (Lipinski definition) is 2. The molecule has 0 saturated heterocycles. The molecule has 2 unspecified atom stereocenters. The van der Waals surface area contributed by atoms with Crippen molar-refractivity contribution in [3.05, 3.63) is 42.1 Å². The largest absolute Gasteiger partial charge is 0.389 e. The Morgan fingerprint density at radius 2 is 2.16 bits per heavy atom. The van der Waals surface area contributed by atoms with Crippen LogP contribution in [0.5, 0.6) is 0 Å². The molecule has 19 heavy (non-hydrogen) atoms. The zero-order valence-corrected chi connectivity index (χ0v) is 11.0. The van der Waals surface area contributed by atoms with Gasteiger partial charge < -0.3 is 10.8 Å². The number of hydrogen-bond acceptors (Lipinski definition) is 3. The molecular formula is C16H20N2O. The monoisotopic (exact) mass is 256 g/mol. The molecule has 0 bridgehead atoms. The van der Waals surface area contributed by atoms with Crippen LogP contribution in [0.4, 0.5) is 0 Å². The number of pyridine rings is 1. The van der Waals surface area contributed by atoms with Gasteiger partial charge in [0.05, 0.1) is 11.1 Å². The summed E-state index contributed by atoms with van der Waals surface area (Å²) in [7, 11) is 0. The quantitative estimate of drug-likeness (QED) is 0.867. The number of aromatic nitrogens is 1. The van der Waals surface area contributed by atoms with E-state index in [1.54, 1.807) is 0 Å². The molecule has 2 atom stereocenters. The summed E-state index contributed by atoms with van der Waals surface area (Å²) in [5.74, 6) is 0. The van der Waals surface area contributed by atoms with Crippen molar-refractivity contribution in [3.8, 4) is 0 Å². The topological polar surface area (TPSA) is 59.1 Å². The molecule has 2 aromatic rings. The molecule has 1 saturated carbocycles. The number of para-hydroxylation sites is 1. The lowest BCUT2D eigenvalue weighted by molar-refractivity contribution is -0.00164. The van der Waals surface area contributed by atoms with E-state index in [-0.39, 0.29) is 6.04 Å². The molecule has 0 radical (unpaired) electrons. The average Bonchev–Trinajstić information content (AvgIpc) is 2.38. The molecule has 1 heterocycles. The van der Waals surface area contributed by atoms with Gasteiger partial charge in [-0.15, -0.1) is 0 Å². The van der Waals surface area contributed by atoms with E-state index in [0.29, 0.717) is 12.8 Å². The predicted octanol–water partition coefficient (Wildman–Crippen LogP) is 2.41. The second-order valence-corrected chi connectivity index (χ2v) is 5.74. The Labute approximate surface area is 113 Å². The minimum absolute atomic E-state index is 0.131. The lowest BCUT2D eigenvalue weighted by Crippen LogP contribution is -2.42. The van der Waals surface area contributed by atoms with Crippen LogP contribution < -0.4 is 5.73 Å². The Balaban J connectivity index is 1.92. The highest BCUT2D eigenvalue weighted by atomic mass is 16.3. The summed E-state index contributed by atoms with van der Waals surface area (Å²) in [5.41, 5.74) is 7.51. The van der Waals surface area contributed by atoms with Gasteiger partial charge in [-0.05, 0) is 43.4 Å². The van der Waals surface area contributed by atoms with Crippen molar-refractivity contribution < 1.29 is 5.11 Å². The van der Waals surface area contributed by atoms with E-state index in [2.05, 4.69) is 11.1 Å². The average molecular weight is 256 g/mol. The second kappa shape index (κ2) is 4.91. The molecule has 1 aromatic carbocycles. The summed E-state index contributed by atoms with van der Waals surface area (Å²) in [5, 5.41) is 11.9. The van der Waals surface area contributed by atoms with Crippen molar-refractivity contribution >= 4 is 10.9 Å². The maximum Gasteiger partial charge on any atom is 0.0704 e. The van der Waals surface area contributed by atoms with Crippen LogP contribution in [0.15, 0.2) is 36.5 Å². The van der Waals surface area contributed by atoms with Crippen molar-refractivity contribution in [1.29, 1.82) is 0 Å². The minimum atomic E-state index is -0.651. The van der Waals surface area contributed by atoms with E-state index >= 15 is 0 Å². The van der Waals surface area contributed by atoms with Crippen LogP contribution in [0.2, 0.25) is 0 Å². The smallest absolute Gasteiger partial charge is 0.0704 e. The zero-order chi connectivity index (χ0) is 13.3. The molecule has 1 aliphatic carbocycles. The van der Waals surface area contributed by atoms with Crippen LogP contribution in [0.25, 0.3) is 10.9 Å². The molecule has 100 valence electrons.